The van der Waals surface area contributed by atoms with E-state index in [0.29, 0.717) is 0 Å². The summed E-state index contributed by atoms with van der Waals surface area (Å²) in [6, 6.07) is 12.4. The Kier molecular flexibility index (Phi) is 3.82. The minimum absolute atomic E-state index is 0.850. The van der Waals surface area contributed by atoms with Gasteiger partial charge in [0.15, 0.2) is 0 Å². The van der Waals surface area contributed by atoms with Gasteiger partial charge in [-0.25, -0.2) is 4.98 Å². The minimum Gasteiger partial charge on any atom is -0.378 e. The summed E-state index contributed by atoms with van der Waals surface area (Å²) in [6.07, 6.45) is 2.04. The minimum atomic E-state index is 0.850. The zero-order valence-corrected chi connectivity index (χ0v) is 14.1. The maximum Gasteiger partial charge on any atom is 0.146 e. The second kappa shape index (κ2) is 5.80. The highest BCUT2D eigenvalue weighted by Crippen LogP contribution is 2.24. The summed E-state index contributed by atoms with van der Waals surface area (Å²) in [5, 5.41) is 3.38. The van der Waals surface area contributed by atoms with Crippen LogP contribution in [0.4, 0.5) is 11.4 Å². The number of aryl methyl sites for hydroxylation is 2. The molecule has 1 N–H and O–H groups in total. The van der Waals surface area contributed by atoms with E-state index in [2.05, 4.69) is 69.5 Å². The van der Waals surface area contributed by atoms with E-state index in [1.165, 1.54) is 11.4 Å². The molecule has 2 aromatic heterocycles. The van der Waals surface area contributed by atoms with Gasteiger partial charge in [-0.05, 0) is 50.2 Å². The first-order chi connectivity index (χ1) is 11.0. The zero-order valence-electron chi connectivity index (χ0n) is 14.1. The zero-order chi connectivity index (χ0) is 16.6. The third-order valence-corrected chi connectivity index (χ3v) is 3.94. The Labute approximate surface area is 137 Å². The molecule has 118 valence electrons. The van der Waals surface area contributed by atoms with Gasteiger partial charge in [0.1, 0.15) is 5.65 Å². The van der Waals surface area contributed by atoms with E-state index >= 15 is 0 Å². The van der Waals surface area contributed by atoms with Crippen LogP contribution < -0.4 is 10.2 Å². The van der Waals surface area contributed by atoms with Crippen LogP contribution in [0.5, 0.6) is 0 Å². The molecule has 0 unspecified atom stereocenters. The first-order valence-corrected chi connectivity index (χ1v) is 7.64. The van der Waals surface area contributed by atoms with Crippen molar-refractivity contribution in [3.05, 3.63) is 66.1 Å². The van der Waals surface area contributed by atoms with E-state index < -0.39 is 0 Å². The van der Waals surface area contributed by atoms with Crippen LogP contribution in [-0.2, 0) is 0 Å². The van der Waals surface area contributed by atoms with E-state index in [0.717, 1.165) is 28.3 Å². The monoisotopic (exact) mass is 306 g/mol. The Morgan fingerprint density at radius 1 is 1.13 bits per heavy atom. The van der Waals surface area contributed by atoms with Gasteiger partial charge in [-0.2, -0.15) is 0 Å². The van der Waals surface area contributed by atoms with E-state index in [4.69, 9.17) is 0 Å². The Morgan fingerprint density at radius 3 is 2.48 bits per heavy atom. The molecule has 0 spiro atoms. The van der Waals surface area contributed by atoms with E-state index in [1.54, 1.807) is 0 Å². The van der Waals surface area contributed by atoms with Crippen molar-refractivity contribution in [2.24, 2.45) is 0 Å². The third-order valence-electron chi connectivity index (χ3n) is 3.94. The van der Waals surface area contributed by atoms with Gasteiger partial charge in [-0.1, -0.05) is 6.58 Å². The molecule has 1 aromatic carbocycles. The molecule has 0 aliphatic carbocycles. The van der Waals surface area contributed by atoms with Gasteiger partial charge in [0.05, 0.1) is 0 Å². The van der Waals surface area contributed by atoms with Gasteiger partial charge >= 0.3 is 0 Å². The number of nitrogens with zero attached hydrogens (tertiary/aromatic N) is 3. The van der Waals surface area contributed by atoms with Gasteiger partial charge in [0.2, 0.25) is 0 Å². The largest absolute Gasteiger partial charge is 0.378 e. The molecule has 3 aromatic rings. The number of rotatable bonds is 4. The summed E-state index contributed by atoms with van der Waals surface area (Å²) >= 11 is 0. The molecular formula is C19H22N4. The molecule has 0 bridgehead atoms. The summed E-state index contributed by atoms with van der Waals surface area (Å²) in [6.45, 7) is 8.28. The van der Waals surface area contributed by atoms with E-state index in [1.807, 2.05) is 27.2 Å². The molecule has 0 aliphatic heterocycles. The summed E-state index contributed by atoms with van der Waals surface area (Å²) in [7, 11) is 4.07. The van der Waals surface area contributed by atoms with Crippen LogP contribution >= 0.6 is 0 Å². The highest BCUT2D eigenvalue weighted by molar-refractivity contribution is 5.82. The molecule has 0 radical (unpaired) electrons. The molecule has 4 nitrogen and oxygen atoms in total. The quantitative estimate of drug-likeness (QED) is 0.787. The standard InChI is InChI=1S/C19H22N4/c1-13-12-14(2)23-11-10-18(19(23)20-13)15(3)21-16-6-8-17(9-7-16)22(4)5/h6-12,21H,3H2,1-2,4-5H3. The molecule has 0 saturated heterocycles. The van der Waals surface area contributed by atoms with Crippen LogP contribution in [-0.4, -0.2) is 23.5 Å². The van der Waals surface area contributed by atoms with Crippen molar-refractivity contribution in [1.29, 1.82) is 0 Å². The van der Waals surface area contributed by atoms with Gasteiger partial charge in [0.25, 0.3) is 0 Å². The summed E-state index contributed by atoms with van der Waals surface area (Å²) < 4.78 is 2.09. The SMILES string of the molecule is C=C(Nc1ccc(N(C)C)cc1)c1ccn2c(C)cc(C)nc12. The summed E-state index contributed by atoms with van der Waals surface area (Å²) in [5.74, 6) is 0. The average Bonchev–Trinajstić information content (AvgIpc) is 2.91. The highest BCUT2D eigenvalue weighted by Gasteiger charge is 2.10. The second-order valence-corrected chi connectivity index (χ2v) is 6.01. The first kappa shape index (κ1) is 15.2. The molecule has 0 saturated carbocycles. The van der Waals surface area contributed by atoms with E-state index in [9.17, 15) is 0 Å². The van der Waals surface area contributed by atoms with Gasteiger partial charge in [0, 0.05) is 54.3 Å². The van der Waals surface area contributed by atoms with Crippen molar-refractivity contribution in [3.63, 3.8) is 0 Å². The molecule has 0 fully saturated rings. The van der Waals surface area contributed by atoms with Crippen LogP contribution in [0.3, 0.4) is 0 Å². The Bertz CT molecular complexity index is 857. The first-order valence-electron chi connectivity index (χ1n) is 7.64. The van der Waals surface area contributed by atoms with Gasteiger partial charge in [-0.15, -0.1) is 0 Å². The highest BCUT2D eigenvalue weighted by atomic mass is 15.1. The second-order valence-electron chi connectivity index (χ2n) is 6.01. The number of hydrogen-bond acceptors (Lipinski definition) is 3. The topological polar surface area (TPSA) is 32.6 Å². The lowest BCUT2D eigenvalue weighted by Gasteiger charge is -2.14. The van der Waals surface area contributed by atoms with Crippen molar-refractivity contribution >= 4 is 22.7 Å². The van der Waals surface area contributed by atoms with Crippen LogP contribution in [0, 0.1) is 13.8 Å². The van der Waals surface area contributed by atoms with Crippen molar-refractivity contribution in [3.8, 4) is 0 Å². The average molecular weight is 306 g/mol. The molecule has 0 aliphatic rings. The van der Waals surface area contributed by atoms with Gasteiger partial charge < -0.3 is 14.6 Å². The predicted octanol–water partition coefficient (Wildman–Crippen LogP) is 4.10. The fourth-order valence-electron chi connectivity index (χ4n) is 2.71. The number of hydrogen-bond donors (Lipinski definition) is 1. The normalized spacial score (nSPS) is 10.8. The Balaban J connectivity index is 1.89. The number of aromatic nitrogens is 2. The van der Waals surface area contributed by atoms with Crippen molar-refractivity contribution < 1.29 is 0 Å². The number of benzene rings is 1. The fourth-order valence-corrected chi connectivity index (χ4v) is 2.71. The molecule has 0 atom stereocenters. The third kappa shape index (κ3) is 2.93. The maximum atomic E-state index is 4.65. The number of fused-ring (bicyclic) bond motifs is 1. The maximum absolute atomic E-state index is 4.65. The summed E-state index contributed by atoms with van der Waals surface area (Å²) in [5.41, 5.74) is 7.17. The molecule has 3 rings (SSSR count). The fraction of sp³-hybridized carbons (Fsp3) is 0.211. The smallest absolute Gasteiger partial charge is 0.146 e. The number of nitrogens with one attached hydrogen (secondary N) is 1. The molecule has 0 amide bonds. The lowest BCUT2D eigenvalue weighted by molar-refractivity contribution is 1.03. The van der Waals surface area contributed by atoms with Crippen LogP contribution in [0.1, 0.15) is 17.0 Å². The molecule has 2 heterocycles. The lowest BCUT2D eigenvalue weighted by atomic mass is 10.2. The van der Waals surface area contributed by atoms with Crippen LogP contribution in [0.2, 0.25) is 0 Å². The predicted molar refractivity (Wildman–Crippen MR) is 98.1 cm³/mol. The summed E-state index contributed by atoms with van der Waals surface area (Å²) in [4.78, 5) is 6.73. The molecular weight excluding hydrogens is 284 g/mol. The van der Waals surface area contributed by atoms with E-state index in [-0.39, 0.29) is 0 Å². The van der Waals surface area contributed by atoms with Crippen molar-refractivity contribution in [1.82, 2.24) is 9.38 Å². The number of anilines is 2. The van der Waals surface area contributed by atoms with Crippen molar-refractivity contribution in [2.45, 2.75) is 13.8 Å². The van der Waals surface area contributed by atoms with Gasteiger partial charge in [-0.3, -0.25) is 0 Å². The Hall–Kier alpha value is -2.75. The van der Waals surface area contributed by atoms with Crippen LogP contribution in [0.25, 0.3) is 11.3 Å². The molecule has 23 heavy (non-hydrogen) atoms. The Morgan fingerprint density at radius 2 is 1.83 bits per heavy atom. The molecule has 4 heteroatoms. The van der Waals surface area contributed by atoms with Crippen molar-refractivity contribution in [2.75, 3.05) is 24.3 Å². The lowest BCUT2D eigenvalue weighted by Crippen LogP contribution is -2.08. The van der Waals surface area contributed by atoms with Crippen LogP contribution in [0.15, 0.2) is 49.2 Å².